The molecule has 6 heteroatoms. The van der Waals surface area contributed by atoms with Gasteiger partial charge in [0.2, 0.25) is 5.91 Å². The number of hydrogen-bond donors (Lipinski definition) is 0. The van der Waals surface area contributed by atoms with Crippen molar-refractivity contribution in [3.63, 3.8) is 0 Å². The first-order chi connectivity index (χ1) is 12.1. The van der Waals surface area contributed by atoms with Crippen LogP contribution in [0.1, 0.15) is 41.8 Å². The molecule has 130 valence electrons. The van der Waals surface area contributed by atoms with Gasteiger partial charge in [0.25, 0.3) is 0 Å². The number of imidazole rings is 1. The third-order valence-corrected chi connectivity index (χ3v) is 5.02. The number of carbonyl (C=O) groups excluding carboxylic acids is 2. The molecule has 2 amide bonds. The third kappa shape index (κ3) is 2.81. The van der Waals surface area contributed by atoms with Gasteiger partial charge in [-0.3, -0.25) is 4.79 Å². The fraction of sp³-hybridized carbons (Fsp3) is 0.421. The van der Waals surface area contributed by atoms with Gasteiger partial charge < -0.3 is 9.30 Å². The van der Waals surface area contributed by atoms with Gasteiger partial charge in [-0.05, 0) is 43.7 Å². The maximum atomic E-state index is 12.2. The molecule has 25 heavy (non-hydrogen) atoms. The summed E-state index contributed by atoms with van der Waals surface area (Å²) in [4.78, 5) is 29.7. The van der Waals surface area contributed by atoms with Crippen LogP contribution in [-0.4, -0.2) is 33.0 Å². The van der Waals surface area contributed by atoms with Gasteiger partial charge in [0.05, 0.1) is 17.7 Å². The van der Waals surface area contributed by atoms with Crippen molar-refractivity contribution in [2.75, 3.05) is 6.54 Å². The highest BCUT2D eigenvalue weighted by atomic mass is 16.6. The van der Waals surface area contributed by atoms with Gasteiger partial charge in [0, 0.05) is 18.7 Å². The van der Waals surface area contributed by atoms with E-state index in [1.807, 2.05) is 0 Å². The van der Waals surface area contributed by atoms with E-state index in [1.165, 1.54) is 21.7 Å². The molecule has 1 aromatic heterocycles. The summed E-state index contributed by atoms with van der Waals surface area (Å²) in [6.07, 6.45) is 5.17. The SMILES string of the molecule is Cc1cccc2c1-n1cnc(COC(=O)N3CCCCC3=O)c1CC2. The van der Waals surface area contributed by atoms with Gasteiger partial charge in [-0.25, -0.2) is 14.7 Å². The highest BCUT2D eigenvalue weighted by Gasteiger charge is 2.27. The van der Waals surface area contributed by atoms with Crippen LogP contribution < -0.4 is 0 Å². The number of para-hydroxylation sites is 1. The minimum Gasteiger partial charge on any atom is -0.443 e. The summed E-state index contributed by atoms with van der Waals surface area (Å²) in [5.41, 5.74) is 5.55. The molecule has 0 bridgehead atoms. The van der Waals surface area contributed by atoms with Gasteiger partial charge in [0.15, 0.2) is 0 Å². The minimum atomic E-state index is -0.557. The molecule has 0 radical (unpaired) electrons. The number of hydrogen-bond acceptors (Lipinski definition) is 4. The summed E-state index contributed by atoms with van der Waals surface area (Å²) in [5, 5.41) is 0. The summed E-state index contributed by atoms with van der Waals surface area (Å²) >= 11 is 0. The van der Waals surface area contributed by atoms with E-state index in [1.54, 1.807) is 6.33 Å². The Balaban J connectivity index is 1.51. The standard InChI is InChI=1S/C19H21N3O3/c1-13-5-4-6-14-8-9-16-15(20-12-22(16)18(13)14)11-25-19(24)21-10-3-2-7-17(21)23/h4-6,12H,2-3,7-11H2,1H3. The molecule has 1 fully saturated rings. The molecular formula is C19H21N3O3. The van der Waals surface area contributed by atoms with E-state index in [-0.39, 0.29) is 12.5 Å². The molecule has 2 aliphatic heterocycles. The average Bonchev–Trinajstić information content (AvgIpc) is 3.03. The summed E-state index contributed by atoms with van der Waals surface area (Å²) in [6, 6.07) is 6.32. The van der Waals surface area contributed by atoms with Crippen molar-refractivity contribution >= 4 is 12.0 Å². The molecule has 0 unspecified atom stereocenters. The highest BCUT2D eigenvalue weighted by Crippen LogP contribution is 2.29. The van der Waals surface area contributed by atoms with Crippen LogP contribution >= 0.6 is 0 Å². The molecule has 1 saturated heterocycles. The van der Waals surface area contributed by atoms with Gasteiger partial charge in [-0.15, -0.1) is 0 Å². The Morgan fingerprint density at radius 2 is 2.12 bits per heavy atom. The van der Waals surface area contributed by atoms with Crippen molar-refractivity contribution in [2.45, 2.75) is 45.6 Å². The number of nitrogens with zero attached hydrogens (tertiary/aromatic N) is 3. The molecule has 0 aliphatic carbocycles. The number of imide groups is 1. The number of benzene rings is 1. The topological polar surface area (TPSA) is 64.4 Å². The number of piperidine rings is 1. The van der Waals surface area contributed by atoms with Gasteiger partial charge in [-0.1, -0.05) is 18.2 Å². The van der Waals surface area contributed by atoms with Crippen LogP contribution in [0.3, 0.4) is 0 Å². The number of amides is 2. The Morgan fingerprint density at radius 1 is 1.24 bits per heavy atom. The summed E-state index contributed by atoms with van der Waals surface area (Å²) < 4.78 is 7.47. The quantitative estimate of drug-likeness (QED) is 0.844. The predicted octanol–water partition coefficient (Wildman–Crippen LogP) is 2.93. The summed E-state index contributed by atoms with van der Waals surface area (Å²) in [6.45, 7) is 2.65. The van der Waals surface area contributed by atoms with Crippen LogP contribution in [0.4, 0.5) is 4.79 Å². The van der Waals surface area contributed by atoms with Gasteiger partial charge in [-0.2, -0.15) is 0 Å². The van der Waals surface area contributed by atoms with Crippen LogP contribution in [0.15, 0.2) is 24.5 Å². The fourth-order valence-corrected chi connectivity index (χ4v) is 3.71. The summed E-state index contributed by atoms with van der Waals surface area (Å²) in [5.74, 6) is -0.146. The molecule has 0 spiro atoms. The number of ether oxygens (including phenoxy) is 1. The second-order valence-electron chi connectivity index (χ2n) is 6.65. The average molecular weight is 339 g/mol. The Hall–Kier alpha value is -2.63. The van der Waals surface area contributed by atoms with Crippen LogP contribution in [0.5, 0.6) is 0 Å². The lowest BCUT2D eigenvalue weighted by atomic mass is 9.98. The largest absolute Gasteiger partial charge is 0.443 e. The van der Waals surface area contributed by atoms with E-state index in [2.05, 4.69) is 34.7 Å². The van der Waals surface area contributed by atoms with Crippen molar-refractivity contribution in [3.05, 3.63) is 47.0 Å². The van der Waals surface area contributed by atoms with E-state index >= 15 is 0 Å². The monoisotopic (exact) mass is 339 g/mol. The van der Waals surface area contributed by atoms with Crippen molar-refractivity contribution < 1.29 is 14.3 Å². The number of fused-ring (bicyclic) bond motifs is 3. The van der Waals surface area contributed by atoms with Crippen molar-refractivity contribution in [1.82, 2.24) is 14.5 Å². The molecule has 2 aromatic rings. The Bertz CT molecular complexity index is 840. The number of aromatic nitrogens is 2. The van der Waals surface area contributed by atoms with Crippen molar-refractivity contribution in [3.8, 4) is 5.69 Å². The second-order valence-corrected chi connectivity index (χ2v) is 6.65. The van der Waals surface area contributed by atoms with Crippen molar-refractivity contribution in [1.29, 1.82) is 0 Å². The molecule has 1 aromatic carbocycles. The normalized spacial score (nSPS) is 16.4. The fourth-order valence-electron chi connectivity index (χ4n) is 3.71. The van der Waals surface area contributed by atoms with Crippen LogP contribution in [0.2, 0.25) is 0 Å². The molecule has 3 heterocycles. The summed E-state index contributed by atoms with van der Waals surface area (Å²) in [7, 11) is 0. The van der Waals surface area contributed by atoms with E-state index in [0.29, 0.717) is 13.0 Å². The van der Waals surface area contributed by atoms with E-state index in [9.17, 15) is 9.59 Å². The number of carbonyl (C=O) groups is 2. The van der Waals surface area contributed by atoms with Crippen LogP contribution in [-0.2, 0) is 29.0 Å². The molecular weight excluding hydrogens is 318 g/mol. The zero-order chi connectivity index (χ0) is 17.4. The number of likely N-dealkylation sites (tertiary alicyclic amines) is 1. The first-order valence-corrected chi connectivity index (χ1v) is 8.76. The smallest absolute Gasteiger partial charge is 0.416 e. The van der Waals surface area contributed by atoms with Gasteiger partial charge >= 0.3 is 6.09 Å². The van der Waals surface area contributed by atoms with Crippen LogP contribution in [0, 0.1) is 6.92 Å². The van der Waals surface area contributed by atoms with Crippen molar-refractivity contribution in [2.24, 2.45) is 0 Å². The third-order valence-electron chi connectivity index (χ3n) is 5.02. The maximum Gasteiger partial charge on any atom is 0.416 e. The highest BCUT2D eigenvalue weighted by molar-refractivity contribution is 5.92. The lowest BCUT2D eigenvalue weighted by Gasteiger charge is -2.24. The zero-order valence-corrected chi connectivity index (χ0v) is 14.3. The first kappa shape index (κ1) is 15.9. The van der Waals surface area contributed by atoms with Gasteiger partial charge in [0.1, 0.15) is 6.61 Å². The second kappa shape index (κ2) is 6.35. The Kier molecular flexibility index (Phi) is 4.03. The molecule has 0 saturated carbocycles. The lowest BCUT2D eigenvalue weighted by Crippen LogP contribution is -2.40. The molecule has 0 N–H and O–H groups in total. The molecule has 2 aliphatic rings. The zero-order valence-electron chi connectivity index (χ0n) is 14.3. The molecule has 6 nitrogen and oxygen atoms in total. The molecule has 0 atom stereocenters. The number of rotatable bonds is 2. The molecule has 4 rings (SSSR count). The number of aryl methyl sites for hydroxylation is 2. The lowest BCUT2D eigenvalue weighted by molar-refractivity contribution is -0.131. The predicted molar refractivity (Wildman–Crippen MR) is 91.5 cm³/mol. The van der Waals surface area contributed by atoms with Crippen LogP contribution in [0.25, 0.3) is 5.69 Å². The minimum absolute atomic E-state index is 0.103. The first-order valence-electron chi connectivity index (χ1n) is 8.76. The van der Waals surface area contributed by atoms with E-state index < -0.39 is 6.09 Å². The Labute approximate surface area is 146 Å². The Morgan fingerprint density at radius 3 is 2.96 bits per heavy atom. The maximum absolute atomic E-state index is 12.2. The van der Waals surface area contributed by atoms with E-state index in [4.69, 9.17) is 4.74 Å². The van der Waals surface area contributed by atoms with E-state index in [0.717, 1.165) is 37.1 Å².